The normalized spacial score (nSPS) is 23.8. The number of halogens is 1. The van der Waals surface area contributed by atoms with Crippen LogP contribution >= 0.6 is 0 Å². The zero-order valence-corrected chi connectivity index (χ0v) is 12.7. The number of hydrogen-bond acceptors (Lipinski definition) is 3. The van der Waals surface area contributed by atoms with Crippen LogP contribution in [0.5, 0.6) is 0 Å². The van der Waals surface area contributed by atoms with E-state index < -0.39 is 6.10 Å². The van der Waals surface area contributed by atoms with Crippen molar-refractivity contribution in [2.24, 2.45) is 0 Å². The van der Waals surface area contributed by atoms with Crippen LogP contribution in [0.2, 0.25) is 0 Å². The molecule has 1 fully saturated rings. The quantitative estimate of drug-likeness (QED) is 0.854. The van der Waals surface area contributed by atoms with Crippen LogP contribution in [0.4, 0.5) is 4.39 Å². The lowest BCUT2D eigenvalue weighted by Crippen LogP contribution is -2.45. The van der Waals surface area contributed by atoms with Crippen molar-refractivity contribution in [3.05, 3.63) is 59.8 Å². The zero-order valence-electron chi connectivity index (χ0n) is 12.7. The van der Waals surface area contributed by atoms with Crippen LogP contribution in [-0.4, -0.2) is 17.2 Å². The highest BCUT2D eigenvalue weighted by atomic mass is 19.1. The van der Waals surface area contributed by atoms with E-state index >= 15 is 0 Å². The van der Waals surface area contributed by atoms with Gasteiger partial charge in [0.1, 0.15) is 17.7 Å². The molecule has 1 aliphatic carbocycles. The van der Waals surface area contributed by atoms with Crippen molar-refractivity contribution in [1.82, 2.24) is 5.32 Å². The Morgan fingerprint density at radius 2 is 2.05 bits per heavy atom. The molecule has 3 nitrogen and oxygen atoms in total. The van der Waals surface area contributed by atoms with Crippen molar-refractivity contribution >= 4 is 0 Å². The minimum Gasteiger partial charge on any atom is -0.467 e. The van der Waals surface area contributed by atoms with Crippen molar-refractivity contribution in [2.75, 3.05) is 0 Å². The molecule has 22 heavy (non-hydrogen) atoms. The molecular weight excluding hydrogens is 281 g/mol. The van der Waals surface area contributed by atoms with Gasteiger partial charge in [-0.25, -0.2) is 4.39 Å². The fraction of sp³-hybridized carbons (Fsp3) is 0.444. The van der Waals surface area contributed by atoms with Gasteiger partial charge >= 0.3 is 0 Å². The van der Waals surface area contributed by atoms with Crippen molar-refractivity contribution in [3.8, 4) is 0 Å². The average molecular weight is 303 g/mol. The Bertz CT molecular complexity index is 593. The van der Waals surface area contributed by atoms with Crippen LogP contribution in [0.15, 0.2) is 47.1 Å². The third-order valence-electron chi connectivity index (χ3n) is 4.45. The fourth-order valence-corrected chi connectivity index (χ4v) is 3.22. The van der Waals surface area contributed by atoms with Crippen LogP contribution in [0, 0.1) is 5.82 Å². The van der Waals surface area contributed by atoms with E-state index in [0.29, 0.717) is 24.1 Å². The van der Waals surface area contributed by atoms with Gasteiger partial charge in [0.2, 0.25) is 0 Å². The maximum Gasteiger partial charge on any atom is 0.132 e. The van der Waals surface area contributed by atoms with Gasteiger partial charge in [0.25, 0.3) is 0 Å². The van der Waals surface area contributed by atoms with E-state index in [-0.39, 0.29) is 11.9 Å². The second-order valence-corrected chi connectivity index (χ2v) is 6.22. The molecule has 118 valence electrons. The monoisotopic (exact) mass is 303 g/mol. The van der Waals surface area contributed by atoms with E-state index in [0.717, 1.165) is 18.4 Å². The minimum atomic E-state index is -0.583. The lowest BCUT2D eigenvalue weighted by Gasteiger charge is -2.38. The summed E-state index contributed by atoms with van der Waals surface area (Å²) >= 11 is 0. The van der Waals surface area contributed by atoms with Gasteiger partial charge in [-0.2, -0.15) is 0 Å². The van der Waals surface area contributed by atoms with Crippen LogP contribution in [0.25, 0.3) is 0 Å². The molecule has 3 rings (SSSR count). The standard InChI is InChI=1S/C18H22FNO2/c1-12(9-17(21)18-7-4-8-22-18)20-14-10-13(11-14)15-5-2-3-6-16(15)19/h2-8,12-14,17,20-21H,9-11H2,1H3/t12-,13?,14?,17+/m1/s1. The summed E-state index contributed by atoms with van der Waals surface area (Å²) in [5.41, 5.74) is 0.823. The largest absolute Gasteiger partial charge is 0.467 e. The molecule has 0 spiro atoms. The molecule has 0 bridgehead atoms. The number of nitrogens with one attached hydrogen (secondary N) is 1. The lowest BCUT2D eigenvalue weighted by atomic mass is 9.75. The van der Waals surface area contributed by atoms with E-state index in [2.05, 4.69) is 12.2 Å². The molecule has 2 N–H and O–H groups in total. The summed E-state index contributed by atoms with van der Waals surface area (Å²) in [7, 11) is 0. The predicted octanol–water partition coefficient (Wildman–Crippen LogP) is 3.77. The predicted molar refractivity (Wildman–Crippen MR) is 83.0 cm³/mol. The van der Waals surface area contributed by atoms with Gasteiger partial charge in [-0.3, -0.25) is 0 Å². The minimum absolute atomic E-state index is 0.104. The third-order valence-corrected chi connectivity index (χ3v) is 4.45. The van der Waals surface area contributed by atoms with Gasteiger partial charge in [0.05, 0.1) is 6.26 Å². The van der Waals surface area contributed by atoms with Crippen molar-refractivity contribution in [2.45, 2.75) is 50.3 Å². The molecule has 2 aromatic rings. The summed E-state index contributed by atoms with van der Waals surface area (Å²) in [5.74, 6) is 0.805. The molecule has 0 radical (unpaired) electrons. The number of rotatable bonds is 6. The molecule has 0 saturated heterocycles. The first-order valence-corrected chi connectivity index (χ1v) is 7.85. The summed E-state index contributed by atoms with van der Waals surface area (Å²) in [6, 6.07) is 11.2. The molecule has 1 heterocycles. The highest BCUT2D eigenvalue weighted by Crippen LogP contribution is 2.38. The Balaban J connectivity index is 1.45. The van der Waals surface area contributed by atoms with Gasteiger partial charge in [-0.1, -0.05) is 18.2 Å². The first-order valence-electron chi connectivity index (χ1n) is 7.85. The Labute approximate surface area is 130 Å². The van der Waals surface area contributed by atoms with Crippen molar-refractivity contribution in [1.29, 1.82) is 0 Å². The number of furan rings is 1. The molecule has 4 heteroatoms. The fourth-order valence-electron chi connectivity index (χ4n) is 3.22. The lowest BCUT2D eigenvalue weighted by molar-refractivity contribution is 0.122. The summed E-state index contributed by atoms with van der Waals surface area (Å²) < 4.78 is 18.9. The average Bonchev–Trinajstić information content (AvgIpc) is 2.98. The molecule has 0 aliphatic heterocycles. The Kier molecular flexibility index (Phi) is 4.60. The third kappa shape index (κ3) is 3.39. The topological polar surface area (TPSA) is 45.4 Å². The molecule has 1 aromatic heterocycles. The Morgan fingerprint density at radius 3 is 2.73 bits per heavy atom. The number of aliphatic hydroxyl groups is 1. The van der Waals surface area contributed by atoms with E-state index in [4.69, 9.17) is 4.42 Å². The van der Waals surface area contributed by atoms with Crippen LogP contribution in [-0.2, 0) is 0 Å². The first-order chi connectivity index (χ1) is 10.6. The second kappa shape index (κ2) is 6.63. The summed E-state index contributed by atoms with van der Waals surface area (Å²) in [5, 5.41) is 13.6. The highest BCUT2D eigenvalue weighted by molar-refractivity contribution is 5.24. The van der Waals surface area contributed by atoms with Gasteiger partial charge in [0.15, 0.2) is 0 Å². The summed E-state index contributed by atoms with van der Waals surface area (Å²) in [4.78, 5) is 0. The van der Waals surface area contributed by atoms with Crippen LogP contribution in [0.3, 0.4) is 0 Å². The molecular formula is C18H22FNO2. The molecule has 1 aliphatic rings. The van der Waals surface area contributed by atoms with E-state index in [1.165, 1.54) is 6.07 Å². The van der Waals surface area contributed by atoms with Gasteiger partial charge < -0.3 is 14.8 Å². The van der Waals surface area contributed by atoms with Gasteiger partial charge in [0, 0.05) is 12.1 Å². The maximum atomic E-state index is 13.7. The number of aliphatic hydroxyl groups excluding tert-OH is 1. The molecule has 2 atom stereocenters. The van der Waals surface area contributed by atoms with Gasteiger partial charge in [-0.15, -0.1) is 0 Å². The van der Waals surface area contributed by atoms with E-state index in [1.807, 2.05) is 12.1 Å². The highest BCUT2D eigenvalue weighted by Gasteiger charge is 2.32. The first kappa shape index (κ1) is 15.3. The Hall–Kier alpha value is -1.65. The number of hydrogen-bond donors (Lipinski definition) is 2. The second-order valence-electron chi connectivity index (χ2n) is 6.22. The van der Waals surface area contributed by atoms with Crippen molar-refractivity contribution in [3.63, 3.8) is 0 Å². The van der Waals surface area contributed by atoms with E-state index in [9.17, 15) is 9.50 Å². The number of benzene rings is 1. The molecule has 0 amide bonds. The van der Waals surface area contributed by atoms with Crippen LogP contribution < -0.4 is 5.32 Å². The summed E-state index contributed by atoms with van der Waals surface area (Å²) in [6.07, 6.45) is 3.49. The van der Waals surface area contributed by atoms with Gasteiger partial charge in [-0.05, 0) is 55.9 Å². The Morgan fingerprint density at radius 1 is 1.27 bits per heavy atom. The smallest absolute Gasteiger partial charge is 0.132 e. The molecule has 0 unspecified atom stereocenters. The zero-order chi connectivity index (χ0) is 15.5. The summed E-state index contributed by atoms with van der Waals surface area (Å²) in [6.45, 7) is 2.06. The maximum absolute atomic E-state index is 13.7. The van der Waals surface area contributed by atoms with Crippen LogP contribution in [0.1, 0.15) is 49.5 Å². The van der Waals surface area contributed by atoms with E-state index in [1.54, 1.807) is 24.5 Å². The molecule has 1 aromatic carbocycles. The molecule has 1 saturated carbocycles. The van der Waals surface area contributed by atoms with Crippen molar-refractivity contribution < 1.29 is 13.9 Å². The SMILES string of the molecule is C[C@H](C[C@H](O)c1ccco1)NC1CC(c2ccccc2F)C1.